The lowest BCUT2D eigenvalue weighted by molar-refractivity contribution is 0.109. The van der Waals surface area contributed by atoms with E-state index in [-0.39, 0.29) is 5.82 Å². The van der Waals surface area contributed by atoms with Gasteiger partial charge in [0.1, 0.15) is 5.82 Å². The fourth-order valence-corrected chi connectivity index (χ4v) is 4.67. The van der Waals surface area contributed by atoms with Gasteiger partial charge in [0, 0.05) is 56.0 Å². The predicted molar refractivity (Wildman–Crippen MR) is 113 cm³/mol. The smallest absolute Gasteiger partial charge is 0.123 e. The van der Waals surface area contributed by atoms with Crippen molar-refractivity contribution in [2.45, 2.75) is 25.0 Å². The summed E-state index contributed by atoms with van der Waals surface area (Å²) in [5.74, 6) is -0.227. The molecule has 1 saturated heterocycles. The van der Waals surface area contributed by atoms with Gasteiger partial charge >= 0.3 is 0 Å². The summed E-state index contributed by atoms with van der Waals surface area (Å²) in [4.78, 5) is 10.2. The van der Waals surface area contributed by atoms with Crippen molar-refractivity contribution in [1.82, 2.24) is 14.9 Å². The molecule has 0 spiro atoms. The average molecular weight is 389 g/mol. The molecule has 5 heteroatoms. The van der Waals surface area contributed by atoms with Crippen LogP contribution in [0.25, 0.3) is 28.0 Å². The number of nitrogens with zero attached hydrogens (tertiary/aromatic N) is 2. The Balaban J connectivity index is 1.56. The molecule has 0 aliphatic carbocycles. The van der Waals surface area contributed by atoms with Gasteiger partial charge in [-0.25, -0.2) is 4.39 Å². The fraction of sp³-hybridized carbons (Fsp3) is 0.292. The van der Waals surface area contributed by atoms with Crippen LogP contribution in [0.15, 0.2) is 61.1 Å². The summed E-state index contributed by atoms with van der Waals surface area (Å²) in [5, 5.41) is 0. The molecule has 0 radical (unpaired) electrons. The van der Waals surface area contributed by atoms with Gasteiger partial charge in [0.2, 0.25) is 0 Å². The molecule has 4 heterocycles. The molecule has 148 valence electrons. The van der Waals surface area contributed by atoms with Gasteiger partial charge < -0.3 is 9.72 Å². The molecule has 0 unspecified atom stereocenters. The zero-order valence-electron chi connectivity index (χ0n) is 16.4. The highest BCUT2D eigenvalue weighted by atomic mass is 19.1. The number of aromatic amines is 1. The van der Waals surface area contributed by atoms with E-state index in [4.69, 9.17) is 4.74 Å². The molecule has 29 heavy (non-hydrogen) atoms. The Kier molecular flexibility index (Phi) is 4.78. The summed E-state index contributed by atoms with van der Waals surface area (Å²) in [5.41, 5.74) is 6.83. The zero-order chi connectivity index (χ0) is 19.8. The van der Waals surface area contributed by atoms with Crippen LogP contribution in [0.5, 0.6) is 0 Å². The molecule has 5 rings (SSSR count). The minimum Gasteiger partial charge on any atom is -0.380 e. The van der Waals surface area contributed by atoms with Crippen LogP contribution in [0.4, 0.5) is 4.39 Å². The summed E-state index contributed by atoms with van der Waals surface area (Å²) in [7, 11) is 1.81. The third kappa shape index (κ3) is 3.41. The highest BCUT2D eigenvalue weighted by Gasteiger charge is 2.35. The molecule has 2 atom stereocenters. The van der Waals surface area contributed by atoms with E-state index in [1.165, 1.54) is 23.3 Å². The molecule has 0 saturated carbocycles. The molecule has 3 aromatic rings. The van der Waals surface area contributed by atoms with E-state index < -0.39 is 0 Å². The number of benzene rings is 1. The van der Waals surface area contributed by atoms with Crippen LogP contribution in [-0.4, -0.2) is 47.2 Å². The molecule has 2 aliphatic rings. The number of hydrogen-bond donors (Lipinski definition) is 1. The molecule has 1 aromatic carbocycles. The second kappa shape index (κ2) is 7.58. The van der Waals surface area contributed by atoms with Crippen LogP contribution in [0.1, 0.15) is 18.4 Å². The Labute approximate surface area is 170 Å². The van der Waals surface area contributed by atoms with Gasteiger partial charge in [-0.2, -0.15) is 0 Å². The molecular weight excluding hydrogens is 365 g/mol. The zero-order valence-corrected chi connectivity index (χ0v) is 16.4. The molecule has 0 bridgehead atoms. The van der Waals surface area contributed by atoms with E-state index in [0.717, 1.165) is 48.3 Å². The monoisotopic (exact) mass is 389 g/mol. The standard InChI is InChI=1S/C24H24FN3O/c1-29-21-13-20-12-18(8-11-28(20)15-21)22-14-27-24(17-2-4-19(25)5-3-17)23(22)16-6-9-26-10-7-16/h2-10,14,20-21,27H,11-13,15H2,1H3/t20-,21+/m1/s1. The van der Waals surface area contributed by atoms with Crippen LogP contribution in [0.3, 0.4) is 0 Å². The lowest BCUT2D eigenvalue weighted by Gasteiger charge is -2.29. The molecule has 2 aliphatic heterocycles. The predicted octanol–water partition coefficient (Wildman–Crippen LogP) is 4.76. The first-order valence-corrected chi connectivity index (χ1v) is 10.1. The molecule has 0 amide bonds. The summed E-state index contributed by atoms with van der Waals surface area (Å²) >= 11 is 0. The summed E-state index contributed by atoms with van der Waals surface area (Å²) in [6.07, 6.45) is 10.5. The lowest BCUT2D eigenvalue weighted by Crippen LogP contribution is -2.33. The van der Waals surface area contributed by atoms with Crippen molar-refractivity contribution >= 4 is 5.57 Å². The molecule has 2 aromatic heterocycles. The van der Waals surface area contributed by atoms with E-state index in [0.29, 0.717) is 12.1 Å². The summed E-state index contributed by atoms with van der Waals surface area (Å²) in [6.45, 7) is 1.96. The van der Waals surface area contributed by atoms with Gasteiger partial charge in [-0.1, -0.05) is 6.08 Å². The Hall–Kier alpha value is -2.76. The highest BCUT2D eigenvalue weighted by molar-refractivity contribution is 5.91. The van der Waals surface area contributed by atoms with Crippen molar-refractivity contribution in [1.29, 1.82) is 0 Å². The molecule has 1 N–H and O–H groups in total. The Morgan fingerprint density at radius 3 is 2.66 bits per heavy atom. The second-order valence-corrected chi connectivity index (χ2v) is 7.83. The maximum Gasteiger partial charge on any atom is 0.123 e. The molecule has 1 fully saturated rings. The van der Waals surface area contributed by atoms with Gasteiger partial charge in [0.25, 0.3) is 0 Å². The van der Waals surface area contributed by atoms with E-state index >= 15 is 0 Å². The van der Waals surface area contributed by atoms with Crippen LogP contribution in [-0.2, 0) is 4.74 Å². The van der Waals surface area contributed by atoms with Crippen molar-refractivity contribution in [3.63, 3.8) is 0 Å². The summed E-state index contributed by atoms with van der Waals surface area (Å²) in [6, 6.07) is 11.3. The maximum atomic E-state index is 13.5. The minimum atomic E-state index is -0.227. The van der Waals surface area contributed by atoms with E-state index in [9.17, 15) is 4.39 Å². The van der Waals surface area contributed by atoms with Crippen molar-refractivity contribution in [3.05, 3.63) is 72.4 Å². The average Bonchev–Trinajstić information content (AvgIpc) is 3.38. The fourth-order valence-electron chi connectivity index (χ4n) is 4.67. The van der Waals surface area contributed by atoms with Crippen LogP contribution in [0, 0.1) is 5.82 Å². The lowest BCUT2D eigenvalue weighted by atomic mass is 9.89. The largest absolute Gasteiger partial charge is 0.380 e. The SMILES string of the molecule is CO[C@H]1C[C@H]2CC(c3c[nH]c(-c4ccc(F)cc4)c3-c3ccncc3)=CCN2C1. The Morgan fingerprint density at radius 2 is 1.90 bits per heavy atom. The number of ether oxygens (including phenoxy) is 1. The quantitative estimate of drug-likeness (QED) is 0.700. The number of methoxy groups -OCH3 is 1. The van der Waals surface area contributed by atoms with E-state index in [1.54, 1.807) is 7.11 Å². The number of H-pyrrole nitrogens is 1. The Morgan fingerprint density at radius 1 is 1.10 bits per heavy atom. The number of hydrogen-bond acceptors (Lipinski definition) is 3. The van der Waals surface area contributed by atoms with Crippen LogP contribution in [0.2, 0.25) is 0 Å². The third-order valence-electron chi connectivity index (χ3n) is 6.18. The van der Waals surface area contributed by atoms with Crippen molar-refractivity contribution in [2.75, 3.05) is 20.2 Å². The Bertz CT molecular complexity index is 1030. The first kappa shape index (κ1) is 18.3. The summed E-state index contributed by atoms with van der Waals surface area (Å²) < 4.78 is 19.1. The maximum absolute atomic E-state index is 13.5. The van der Waals surface area contributed by atoms with Crippen molar-refractivity contribution < 1.29 is 9.13 Å². The van der Waals surface area contributed by atoms with Gasteiger partial charge in [0.15, 0.2) is 0 Å². The number of nitrogens with one attached hydrogen (secondary N) is 1. The van der Waals surface area contributed by atoms with Gasteiger partial charge in [-0.3, -0.25) is 9.88 Å². The number of rotatable bonds is 4. The van der Waals surface area contributed by atoms with E-state index in [1.807, 2.05) is 36.7 Å². The first-order chi connectivity index (χ1) is 14.2. The number of fused-ring (bicyclic) bond motifs is 1. The molecule has 4 nitrogen and oxygen atoms in total. The number of pyridine rings is 1. The second-order valence-electron chi connectivity index (χ2n) is 7.83. The normalized spacial score (nSPS) is 21.8. The number of halogens is 1. The van der Waals surface area contributed by atoms with Crippen molar-refractivity contribution in [2.24, 2.45) is 0 Å². The number of aromatic nitrogens is 2. The third-order valence-corrected chi connectivity index (χ3v) is 6.18. The first-order valence-electron chi connectivity index (χ1n) is 10.1. The van der Waals surface area contributed by atoms with E-state index in [2.05, 4.69) is 27.1 Å². The van der Waals surface area contributed by atoms with Crippen LogP contribution < -0.4 is 0 Å². The van der Waals surface area contributed by atoms with Gasteiger partial charge in [0.05, 0.1) is 11.8 Å². The minimum absolute atomic E-state index is 0.227. The van der Waals surface area contributed by atoms with Gasteiger partial charge in [-0.15, -0.1) is 0 Å². The van der Waals surface area contributed by atoms with Crippen molar-refractivity contribution in [3.8, 4) is 22.4 Å². The van der Waals surface area contributed by atoms with Crippen LogP contribution >= 0.6 is 0 Å². The van der Waals surface area contributed by atoms with Gasteiger partial charge in [-0.05, 0) is 65.9 Å². The highest BCUT2D eigenvalue weighted by Crippen LogP contribution is 2.41. The topological polar surface area (TPSA) is 41.1 Å². The molecular formula is C24H24FN3O.